The van der Waals surface area contributed by atoms with Gasteiger partial charge >= 0.3 is 0 Å². The van der Waals surface area contributed by atoms with Gasteiger partial charge in [-0.15, -0.1) is 6.42 Å². The molecular formula is C19H20N6O3S2. The number of terminal acetylenes is 1. The molecule has 0 radical (unpaired) electrons. The summed E-state index contributed by atoms with van der Waals surface area (Å²) in [7, 11) is -3.25. The third-order valence-electron chi connectivity index (χ3n) is 4.60. The van der Waals surface area contributed by atoms with Gasteiger partial charge in [-0.05, 0) is 24.1 Å². The molecular weight excluding hydrogens is 424 g/mol. The van der Waals surface area contributed by atoms with Crippen LogP contribution in [0.25, 0.3) is 11.2 Å². The lowest BCUT2D eigenvalue weighted by molar-refractivity contribution is 0.356. The van der Waals surface area contributed by atoms with Crippen molar-refractivity contribution in [1.29, 1.82) is 0 Å². The first-order valence-corrected chi connectivity index (χ1v) is 11.9. The van der Waals surface area contributed by atoms with Crippen molar-refractivity contribution < 1.29 is 13.2 Å². The zero-order chi connectivity index (χ0) is 21.3. The first-order valence-electron chi connectivity index (χ1n) is 9.21. The zero-order valence-electron chi connectivity index (χ0n) is 16.3. The van der Waals surface area contributed by atoms with E-state index in [0.717, 1.165) is 34.4 Å². The molecule has 156 valence electrons. The first-order chi connectivity index (χ1) is 14.4. The van der Waals surface area contributed by atoms with Crippen LogP contribution in [-0.2, 0) is 23.0 Å². The quantitative estimate of drug-likeness (QED) is 0.414. The van der Waals surface area contributed by atoms with Gasteiger partial charge in [-0.2, -0.15) is 0 Å². The molecule has 3 heterocycles. The number of fused-ring (bicyclic) bond motifs is 2. The number of hydrogen-bond donors (Lipinski definition) is 2. The molecule has 0 amide bonds. The smallest absolute Gasteiger partial charge is 0.208 e. The van der Waals surface area contributed by atoms with Crippen LogP contribution in [0.2, 0.25) is 0 Å². The van der Waals surface area contributed by atoms with Gasteiger partial charge in [-0.25, -0.2) is 28.1 Å². The minimum Gasteiger partial charge on any atom is -0.493 e. The second-order valence-corrected chi connectivity index (χ2v) is 9.64. The average Bonchev–Trinajstić information content (AvgIpc) is 3.29. The Morgan fingerprint density at radius 3 is 3.00 bits per heavy atom. The number of aromatic nitrogens is 4. The van der Waals surface area contributed by atoms with Crippen LogP contribution in [0.4, 0.5) is 5.82 Å². The van der Waals surface area contributed by atoms with E-state index in [1.165, 1.54) is 18.1 Å². The molecule has 3 aromatic rings. The molecule has 0 fully saturated rings. The normalized spacial score (nSPS) is 13.2. The topological polar surface area (TPSA) is 125 Å². The van der Waals surface area contributed by atoms with Gasteiger partial charge in [0.05, 0.1) is 12.9 Å². The second kappa shape index (κ2) is 8.14. The van der Waals surface area contributed by atoms with E-state index in [4.69, 9.17) is 16.9 Å². The number of hydrogen-bond acceptors (Lipinski definition) is 8. The highest BCUT2D eigenvalue weighted by Gasteiger charge is 2.20. The lowest BCUT2D eigenvalue weighted by Crippen LogP contribution is -2.24. The van der Waals surface area contributed by atoms with E-state index in [0.29, 0.717) is 42.4 Å². The standard InChI is InChI=1S/C19H20N6O3S2/c1-3-12-9-13-5-8-28-14(13)10-15(12)29-19-24-16-17(20)21-11-22-18(16)25(19)7-4-6-23-30(2,26)27/h1,9-11,23H,4-8H2,2H3,(H2,20,21,22). The number of aryl methyl sites for hydroxylation is 1. The first kappa shape index (κ1) is 20.5. The molecule has 0 spiro atoms. The summed E-state index contributed by atoms with van der Waals surface area (Å²) in [6.45, 7) is 1.43. The van der Waals surface area contributed by atoms with E-state index in [1.54, 1.807) is 0 Å². The van der Waals surface area contributed by atoms with Crippen molar-refractivity contribution in [2.45, 2.75) is 29.4 Å². The number of nitrogens with one attached hydrogen (secondary N) is 1. The number of imidazole rings is 1. The zero-order valence-corrected chi connectivity index (χ0v) is 17.9. The minimum absolute atomic E-state index is 0.282. The molecule has 1 aromatic carbocycles. The predicted octanol–water partition coefficient (Wildman–Crippen LogP) is 1.42. The van der Waals surface area contributed by atoms with E-state index in [9.17, 15) is 8.42 Å². The molecule has 1 aliphatic rings. The Morgan fingerprint density at radius 2 is 2.23 bits per heavy atom. The van der Waals surface area contributed by atoms with Gasteiger partial charge in [0.15, 0.2) is 22.1 Å². The number of nitrogens with zero attached hydrogens (tertiary/aromatic N) is 4. The Hall–Kier alpha value is -2.81. The molecule has 0 bridgehead atoms. The lowest BCUT2D eigenvalue weighted by Gasteiger charge is -2.10. The summed E-state index contributed by atoms with van der Waals surface area (Å²) < 4.78 is 32.7. The Morgan fingerprint density at radius 1 is 1.40 bits per heavy atom. The molecule has 3 N–H and O–H groups in total. The van der Waals surface area contributed by atoms with Crippen LogP contribution < -0.4 is 15.2 Å². The van der Waals surface area contributed by atoms with E-state index in [-0.39, 0.29) is 5.82 Å². The SMILES string of the molecule is C#Cc1cc2c(cc1Sc1nc3c(N)ncnc3n1CCCNS(C)(=O)=O)OCC2. The molecule has 9 nitrogen and oxygen atoms in total. The molecule has 11 heteroatoms. The fraction of sp³-hybridized carbons (Fsp3) is 0.316. The Bertz CT molecular complexity index is 1260. The number of nitrogen functional groups attached to an aromatic ring is 1. The van der Waals surface area contributed by atoms with Crippen LogP contribution in [0, 0.1) is 12.3 Å². The van der Waals surface area contributed by atoms with Crippen molar-refractivity contribution in [3.8, 4) is 18.1 Å². The highest BCUT2D eigenvalue weighted by Crippen LogP contribution is 2.38. The van der Waals surface area contributed by atoms with Crippen LogP contribution in [0.1, 0.15) is 17.5 Å². The van der Waals surface area contributed by atoms with Crippen molar-refractivity contribution >= 4 is 38.8 Å². The molecule has 0 saturated carbocycles. The highest BCUT2D eigenvalue weighted by molar-refractivity contribution is 7.99. The minimum atomic E-state index is -3.25. The number of anilines is 1. The summed E-state index contributed by atoms with van der Waals surface area (Å²) in [5, 5.41) is 0.644. The molecule has 0 aliphatic carbocycles. The summed E-state index contributed by atoms with van der Waals surface area (Å²) in [6, 6.07) is 3.91. The summed E-state index contributed by atoms with van der Waals surface area (Å²) in [5.41, 5.74) is 8.94. The fourth-order valence-corrected chi connectivity index (χ4v) is 4.74. The van der Waals surface area contributed by atoms with Crippen molar-refractivity contribution in [1.82, 2.24) is 24.2 Å². The predicted molar refractivity (Wildman–Crippen MR) is 115 cm³/mol. The summed E-state index contributed by atoms with van der Waals surface area (Å²) >= 11 is 1.40. The number of benzene rings is 1. The van der Waals surface area contributed by atoms with E-state index >= 15 is 0 Å². The summed E-state index contributed by atoms with van der Waals surface area (Å²) in [5.74, 6) is 3.85. The molecule has 30 heavy (non-hydrogen) atoms. The highest BCUT2D eigenvalue weighted by atomic mass is 32.2. The maximum absolute atomic E-state index is 11.3. The average molecular weight is 445 g/mol. The van der Waals surface area contributed by atoms with Crippen molar-refractivity contribution in [2.24, 2.45) is 0 Å². The third kappa shape index (κ3) is 4.21. The second-order valence-electron chi connectivity index (χ2n) is 6.80. The summed E-state index contributed by atoms with van der Waals surface area (Å²) in [6.07, 6.45) is 9.64. The maximum atomic E-state index is 11.3. The van der Waals surface area contributed by atoms with Crippen LogP contribution in [0.3, 0.4) is 0 Å². The molecule has 1 aliphatic heterocycles. The van der Waals surface area contributed by atoms with Crippen LogP contribution in [0.5, 0.6) is 5.75 Å². The molecule has 0 saturated heterocycles. The fourth-order valence-electron chi connectivity index (χ4n) is 3.21. The van der Waals surface area contributed by atoms with Gasteiger partial charge < -0.3 is 15.0 Å². The van der Waals surface area contributed by atoms with Gasteiger partial charge in [0.2, 0.25) is 10.0 Å². The largest absolute Gasteiger partial charge is 0.493 e. The van der Waals surface area contributed by atoms with Crippen LogP contribution in [-0.4, -0.2) is 47.3 Å². The van der Waals surface area contributed by atoms with Gasteiger partial charge in [0.25, 0.3) is 0 Å². The molecule has 4 rings (SSSR count). The van der Waals surface area contributed by atoms with E-state index in [1.807, 2.05) is 16.7 Å². The number of ether oxygens (including phenoxy) is 1. The van der Waals surface area contributed by atoms with Crippen molar-refractivity contribution in [3.63, 3.8) is 0 Å². The van der Waals surface area contributed by atoms with E-state index in [2.05, 4.69) is 25.6 Å². The number of sulfonamides is 1. The van der Waals surface area contributed by atoms with Crippen LogP contribution in [0.15, 0.2) is 28.5 Å². The van der Waals surface area contributed by atoms with Gasteiger partial charge in [0.1, 0.15) is 12.1 Å². The van der Waals surface area contributed by atoms with Crippen molar-refractivity contribution in [3.05, 3.63) is 29.6 Å². The summed E-state index contributed by atoms with van der Waals surface area (Å²) in [4.78, 5) is 13.8. The van der Waals surface area contributed by atoms with Gasteiger partial charge in [0, 0.05) is 30.0 Å². The van der Waals surface area contributed by atoms with Crippen LogP contribution >= 0.6 is 11.8 Å². The Labute approximate surface area is 178 Å². The van der Waals surface area contributed by atoms with Crippen molar-refractivity contribution in [2.75, 3.05) is 25.1 Å². The Kier molecular flexibility index (Phi) is 5.55. The van der Waals surface area contributed by atoms with E-state index < -0.39 is 10.0 Å². The van der Waals surface area contributed by atoms with Gasteiger partial charge in [-0.3, -0.25) is 0 Å². The molecule has 2 aromatic heterocycles. The van der Waals surface area contributed by atoms with Gasteiger partial charge in [-0.1, -0.05) is 17.7 Å². The number of nitrogens with two attached hydrogens (primary N) is 1. The Balaban J connectivity index is 1.68. The molecule has 0 unspecified atom stereocenters. The number of rotatable bonds is 7. The maximum Gasteiger partial charge on any atom is 0.208 e. The third-order valence-corrected chi connectivity index (χ3v) is 6.38. The monoisotopic (exact) mass is 444 g/mol. The molecule has 0 atom stereocenters. The lowest BCUT2D eigenvalue weighted by atomic mass is 10.1.